The Morgan fingerprint density at radius 1 is 1.45 bits per heavy atom. The van der Waals surface area contributed by atoms with E-state index in [0.29, 0.717) is 16.4 Å². The van der Waals surface area contributed by atoms with Crippen LogP contribution in [0.3, 0.4) is 0 Å². The number of carbonyl (C=O) groups excluding carboxylic acids is 1. The van der Waals surface area contributed by atoms with Crippen LogP contribution >= 0.6 is 11.3 Å². The topological polar surface area (TPSA) is 111 Å². The van der Waals surface area contributed by atoms with Gasteiger partial charge in [-0.15, -0.1) is 11.3 Å². The van der Waals surface area contributed by atoms with Gasteiger partial charge in [-0.05, 0) is 18.2 Å². The predicted molar refractivity (Wildman–Crippen MR) is 79.7 cm³/mol. The molecule has 3 aromatic heterocycles. The normalized spacial score (nSPS) is 11.9. The molecule has 0 aliphatic heterocycles. The first-order valence-electron chi connectivity index (χ1n) is 5.80. The van der Waals surface area contributed by atoms with Gasteiger partial charge < -0.3 is 16.5 Å². The van der Waals surface area contributed by atoms with Gasteiger partial charge in [-0.2, -0.15) is 0 Å². The molecule has 0 spiro atoms. The number of hydrogen-bond acceptors (Lipinski definition) is 5. The number of aromatic nitrogens is 3. The quantitative estimate of drug-likeness (QED) is 0.635. The summed E-state index contributed by atoms with van der Waals surface area (Å²) >= 11 is 1.26. The highest BCUT2D eigenvalue weighted by Crippen LogP contribution is 2.24. The van der Waals surface area contributed by atoms with Crippen molar-refractivity contribution in [2.45, 2.75) is 0 Å². The van der Waals surface area contributed by atoms with Crippen LogP contribution in [-0.4, -0.2) is 20.9 Å². The van der Waals surface area contributed by atoms with Gasteiger partial charge in [0.25, 0.3) is 5.91 Å². The summed E-state index contributed by atoms with van der Waals surface area (Å²) < 4.78 is 0. The van der Waals surface area contributed by atoms with Crippen molar-refractivity contribution >= 4 is 45.1 Å². The average molecular weight is 285 g/mol. The van der Waals surface area contributed by atoms with Crippen molar-refractivity contribution in [3.05, 3.63) is 41.2 Å². The van der Waals surface area contributed by atoms with Gasteiger partial charge in [-0.1, -0.05) is 0 Å². The molecule has 0 aliphatic carbocycles. The summed E-state index contributed by atoms with van der Waals surface area (Å²) in [5.74, 6) is -0.548. The van der Waals surface area contributed by atoms with Gasteiger partial charge in [0.1, 0.15) is 5.65 Å². The van der Waals surface area contributed by atoms with Gasteiger partial charge in [-0.25, -0.2) is 9.97 Å². The maximum atomic E-state index is 11.6. The SMILES string of the molecule is NC(=O)C(=Cc1c[nH]c2ncccc12)c1csc(N)n1. The fraction of sp³-hybridized carbons (Fsp3) is 0. The summed E-state index contributed by atoms with van der Waals surface area (Å²) in [6.45, 7) is 0. The van der Waals surface area contributed by atoms with Gasteiger partial charge in [0.05, 0.1) is 11.3 Å². The Kier molecular flexibility index (Phi) is 2.96. The van der Waals surface area contributed by atoms with E-state index in [2.05, 4.69) is 15.0 Å². The zero-order valence-electron chi connectivity index (χ0n) is 10.3. The number of hydrogen-bond donors (Lipinski definition) is 3. The number of nitrogens with zero attached hydrogens (tertiary/aromatic N) is 2. The number of fused-ring (bicyclic) bond motifs is 1. The van der Waals surface area contributed by atoms with E-state index in [-0.39, 0.29) is 0 Å². The molecule has 0 aromatic carbocycles. The zero-order chi connectivity index (χ0) is 14.1. The minimum Gasteiger partial charge on any atom is -0.375 e. The van der Waals surface area contributed by atoms with Crippen molar-refractivity contribution in [1.29, 1.82) is 0 Å². The smallest absolute Gasteiger partial charge is 0.250 e. The molecule has 100 valence electrons. The Balaban J connectivity index is 2.14. The van der Waals surface area contributed by atoms with Crippen molar-refractivity contribution in [3.63, 3.8) is 0 Å². The molecule has 3 rings (SSSR count). The molecular formula is C13H11N5OS. The summed E-state index contributed by atoms with van der Waals surface area (Å²) in [4.78, 5) is 23.0. The average Bonchev–Trinajstić information content (AvgIpc) is 3.02. The number of primary amides is 1. The summed E-state index contributed by atoms with van der Waals surface area (Å²) in [5, 5.41) is 3.01. The van der Waals surface area contributed by atoms with E-state index >= 15 is 0 Å². The molecule has 0 saturated carbocycles. The number of H-pyrrole nitrogens is 1. The minimum atomic E-state index is -0.548. The van der Waals surface area contributed by atoms with E-state index in [1.54, 1.807) is 23.8 Å². The maximum Gasteiger partial charge on any atom is 0.250 e. The third kappa shape index (κ3) is 2.14. The van der Waals surface area contributed by atoms with E-state index in [4.69, 9.17) is 11.5 Å². The third-order valence-corrected chi connectivity index (χ3v) is 3.52. The van der Waals surface area contributed by atoms with Crippen molar-refractivity contribution in [1.82, 2.24) is 15.0 Å². The number of thiazole rings is 1. The minimum absolute atomic E-state index is 0.322. The Morgan fingerprint density at radius 2 is 2.30 bits per heavy atom. The number of nitrogens with two attached hydrogens (primary N) is 2. The number of nitrogens with one attached hydrogen (secondary N) is 1. The summed E-state index contributed by atoms with van der Waals surface area (Å²) in [6.07, 6.45) is 5.16. The fourth-order valence-corrected chi connectivity index (χ4v) is 2.50. The molecule has 3 aromatic rings. The summed E-state index contributed by atoms with van der Waals surface area (Å²) in [7, 11) is 0. The molecule has 0 atom stereocenters. The first kappa shape index (κ1) is 12.4. The second-order valence-electron chi connectivity index (χ2n) is 4.14. The number of anilines is 1. The van der Waals surface area contributed by atoms with E-state index in [1.807, 2.05) is 12.1 Å². The van der Waals surface area contributed by atoms with Crippen molar-refractivity contribution in [3.8, 4) is 0 Å². The highest BCUT2D eigenvalue weighted by atomic mass is 32.1. The molecule has 0 unspecified atom stereocenters. The van der Waals surface area contributed by atoms with Crippen LogP contribution in [0.25, 0.3) is 22.7 Å². The molecule has 6 nitrogen and oxygen atoms in total. The van der Waals surface area contributed by atoms with Crippen LogP contribution < -0.4 is 11.5 Å². The summed E-state index contributed by atoms with van der Waals surface area (Å²) in [5.41, 5.74) is 13.4. The number of nitrogen functional groups attached to an aromatic ring is 1. The van der Waals surface area contributed by atoms with Crippen molar-refractivity contribution < 1.29 is 4.79 Å². The van der Waals surface area contributed by atoms with Gasteiger partial charge in [0.15, 0.2) is 5.13 Å². The van der Waals surface area contributed by atoms with Crippen LogP contribution in [-0.2, 0) is 4.79 Å². The lowest BCUT2D eigenvalue weighted by Gasteiger charge is -1.99. The molecule has 0 bridgehead atoms. The highest BCUT2D eigenvalue weighted by Gasteiger charge is 2.13. The lowest BCUT2D eigenvalue weighted by molar-refractivity contribution is -0.112. The molecule has 5 N–H and O–H groups in total. The maximum absolute atomic E-state index is 11.6. The van der Waals surface area contributed by atoms with Gasteiger partial charge in [0, 0.05) is 28.7 Å². The predicted octanol–water partition coefficient (Wildman–Crippen LogP) is 1.63. The monoisotopic (exact) mass is 285 g/mol. The first-order valence-corrected chi connectivity index (χ1v) is 6.68. The lowest BCUT2D eigenvalue weighted by atomic mass is 10.1. The van der Waals surface area contributed by atoms with E-state index in [1.165, 1.54) is 11.3 Å². The molecule has 7 heteroatoms. The lowest BCUT2D eigenvalue weighted by Crippen LogP contribution is -2.13. The molecule has 0 saturated heterocycles. The largest absolute Gasteiger partial charge is 0.375 e. The highest BCUT2D eigenvalue weighted by molar-refractivity contribution is 7.13. The van der Waals surface area contributed by atoms with Crippen LogP contribution in [0.4, 0.5) is 5.13 Å². The van der Waals surface area contributed by atoms with E-state index in [0.717, 1.165) is 16.6 Å². The van der Waals surface area contributed by atoms with Crippen LogP contribution in [0.15, 0.2) is 29.9 Å². The van der Waals surface area contributed by atoms with Crippen LogP contribution in [0.1, 0.15) is 11.3 Å². The molecule has 0 aliphatic rings. The Bertz CT molecular complexity index is 817. The summed E-state index contributed by atoms with van der Waals surface area (Å²) in [6, 6.07) is 3.75. The number of carbonyl (C=O) groups is 1. The Morgan fingerprint density at radius 3 is 3.00 bits per heavy atom. The molecule has 20 heavy (non-hydrogen) atoms. The standard InChI is InChI=1S/C13H11N5OS/c14-11(19)9(10-6-20-13(15)18-10)4-7-5-17-12-8(7)2-1-3-16-12/h1-6H,(H2,14,19)(H2,15,18)(H,16,17). The fourth-order valence-electron chi connectivity index (χ4n) is 1.93. The Hall–Kier alpha value is -2.67. The second-order valence-corrected chi connectivity index (χ2v) is 5.03. The van der Waals surface area contributed by atoms with Gasteiger partial charge in [-0.3, -0.25) is 4.79 Å². The third-order valence-electron chi connectivity index (χ3n) is 2.85. The zero-order valence-corrected chi connectivity index (χ0v) is 11.1. The second kappa shape index (κ2) is 4.78. The van der Waals surface area contributed by atoms with Crippen LogP contribution in [0.5, 0.6) is 0 Å². The van der Waals surface area contributed by atoms with Crippen LogP contribution in [0.2, 0.25) is 0 Å². The van der Waals surface area contributed by atoms with Crippen molar-refractivity contribution in [2.75, 3.05) is 5.73 Å². The number of pyridine rings is 1. The van der Waals surface area contributed by atoms with Crippen LogP contribution in [0, 0.1) is 0 Å². The number of aromatic amines is 1. The molecule has 3 heterocycles. The van der Waals surface area contributed by atoms with Gasteiger partial charge >= 0.3 is 0 Å². The first-order chi connectivity index (χ1) is 9.65. The number of amides is 1. The Labute approximate surface area is 118 Å². The molecule has 0 fully saturated rings. The number of rotatable bonds is 3. The molecule has 1 amide bonds. The van der Waals surface area contributed by atoms with Gasteiger partial charge in [0.2, 0.25) is 0 Å². The van der Waals surface area contributed by atoms with E-state index < -0.39 is 5.91 Å². The van der Waals surface area contributed by atoms with E-state index in [9.17, 15) is 4.79 Å². The molecule has 0 radical (unpaired) electrons. The molecular weight excluding hydrogens is 274 g/mol. The van der Waals surface area contributed by atoms with Crippen molar-refractivity contribution in [2.24, 2.45) is 5.73 Å².